The molecule has 1 atom stereocenters. The van der Waals surface area contributed by atoms with Crippen molar-refractivity contribution in [1.82, 2.24) is 20.6 Å². The largest absolute Gasteiger partial charge is 0.497 e. The molecule has 1 aromatic heterocycles. The van der Waals surface area contributed by atoms with Crippen LogP contribution in [0.2, 0.25) is 5.02 Å². The second kappa shape index (κ2) is 11.6. The lowest BCUT2D eigenvalue weighted by Gasteiger charge is -2.18. The Labute approximate surface area is 204 Å². The maximum absolute atomic E-state index is 12.7. The molecule has 3 N–H and O–H groups in total. The van der Waals surface area contributed by atoms with Crippen LogP contribution in [0.15, 0.2) is 72.8 Å². The summed E-state index contributed by atoms with van der Waals surface area (Å²) in [6, 6.07) is 22.7. The van der Waals surface area contributed by atoms with Gasteiger partial charge in [-0.15, -0.1) is 12.4 Å². The topological polar surface area (TPSA) is 79.0 Å². The highest BCUT2D eigenvalue weighted by Crippen LogP contribution is 2.21. The van der Waals surface area contributed by atoms with E-state index >= 15 is 0 Å². The molecule has 4 aromatic rings. The summed E-state index contributed by atoms with van der Waals surface area (Å²) in [7, 11) is 1.64. The molecular formula is C25H26Cl2N4O2. The number of rotatable bonds is 8. The average Bonchev–Trinajstić information content (AvgIpc) is 3.23. The quantitative estimate of drug-likeness (QED) is 0.310. The van der Waals surface area contributed by atoms with Gasteiger partial charge in [-0.1, -0.05) is 48.0 Å². The van der Waals surface area contributed by atoms with E-state index in [2.05, 4.69) is 15.6 Å². The van der Waals surface area contributed by atoms with Crippen LogP contribution in [0.3, 0.4) is 0 Å². The minimum absolute atomic E-state index is 0. The van der Waals surface area contributed by atoms with Gasteiger partial charge in [0, 0.05) is 11.6 Å². The van der Waals surface area contributed by atoms with Crippen molar-refractivity contribution in [2.24, 2.45) is 0 Å². The molecule has 6 nitrogen and oxygen atoms in total. The van der Waals surface area contributed by atoms with Crippen molar-refractivity contribution in [3.8, 4) is 5.75 Å². The minimum Gasteiger partial charge on any atom is -0.497 e. The predicted octanol–water partition coefficient (Wildman–Crippen LogP) is 5.47. The fraction of sp³-hybridized carbons (Fsp3) is 0.200. The number of hydrogen-bond acceptors (Lipinski definition) is 3. The normalized spacial score (nSPS) is 11.5. The molecule has 0 radical (unpaired) electrons. The number of methoxy groups -OCH3 is 1. The zero-order chi connectivity index (χ0) is 22.3. The Morgan fingerprint density at radius 3 is 2.58 bits per heavy atom. The number of nitrogens with one attached hydrogen (secondary N) is 3. The van der Waals surface area contributed by atoms with Crippen LogP contribution in [0.4, 0.5) is 4.79 Å². The summed E-state index contributed by atoms with van der Waals surface area (Å²) < 4.78 is 5.24. The Bertz CT molecular complexity index is 1160. The smallest absolute Gasteiger partial charge is 0.315 e. The third kappa shape index (κ3) is 6.63. The number of aromatic nitrogens is 2. The van der Waals surface area contributed by atoms with E-state index in [-0.39, 0.29) is 24.5 Å². The molecule has 1 heterocycles. The van der Waals surface area contributed by atoms with E-state index in [0.717, 1.165) is 27.9 Å². The number of nitrogens with zero attached hydrogens (tertiary/aromatic N) is 1. The van der Waals surface area contributed by atoms with Gasteiger partial charge in [-0.2, -0.15) is 0 Å². The van der Waals surface area contributed by atoms with E-state index in [1.165, 1.54) is 0 Å². The molecule has 0 spiro atoms. The van der Waals surface area contributed by atoms with E-state index in [1.54, 1.807) is 7.11 Å². The summed E-state index contributed by atoms with van der Waals surface area (Å²) >= 11 is 6.03. The van der Waals surface area contributed by atoms with Gasteiger partial charge in [-0.3, -0.25) is 0 Å². The summed E-state index contributed by atoms with van der Waals surface area (Å²) in [5, 5.41) is 6.69. The number of carbonyl (C=O) groups is 1. The molecule has 2 amide bonds. The Hall–Kier alpha value is -3.22. The van der Waals surface area contributed by atoms with Gasteiger partial charge in [0.1, 0.15) is 11.6 Å². The van der Waals surface area contributed by atoms with Crippen molar-refractivity contribution < 1.29 is 9.53 Å². The third-order valence-electron chi connectivity index (χ3n) is 5.23. The van der Waals surface area contributed by atoms with E-state index < -0.39 is 0 Å². The molecule has 8 heteroatoms. The predicted molar refractivity (Wildman–Crippen MR) is 134 cm³/mol. The lowest BCUT2D eigenvalue weighted by atomic mass is 10.1. The zero-order valence-corrected chi connectivity index (χ0v) is 19.7. The van der Waals surface area contributed by atoms with Gasteiger partial charge < -0.3 is 20.4 Å². The SMILES string of the molecule is COc1ccc(CC(NC(=O)NCCc2cccc(Cl)c2)c2nc3ccccc3[nH]2)cc1.Cl. The van der Waals surface area contributed by atoms with Gasteiger partial charge in [-0.25, -0.2) is 9.78 Å². The second-order valence-corrected chi connectivity index (χ2v) is 7.96. The van der Waals surface area contributed by atoms with Crippen LogP contribution in [0, 0.1) is 0 Å². The maximum atomic E-state index is 12.7. The molecule has 172 valence electrons. The first-order chi connectivity index (χ1) is 15.6. The monoisotopic (exact) mass is 484 g/mol. The van der Waals surface area contributed by atoms with Crippen molar-refractivity contribution in [1.29, 1.82) is 0 Å². The van der Waals surface area contributed by atoms with Crippen molar-refractivity contribution in [3.05, 3.63) is 94.8 Å². The van der Waals surface area contributed by atoms with Gasteiger partial charge in [0.2, 0.25) is 0 Å². The molecule has 1 unspecified atom stereocenters. The summed E-state index contributed by atoms with van der Waals surface area (Å²) in [5.74, 6) is 1.51. The standard InChI is InChI=1S/C25H25ClN4O2.ClH/c1-32-20-11-9-18(10-12-20)16-23(24-28-21-7-2-3-8-22(21)29-24)30-25(31)27-14-13-17-5-4-6-19(26)15-17;/h2-12,15,23H,13-14,16H2,1H3,(H,28,29)(H2,27,30,31);1H. The van der Waals surface area contributed by atoms with Crippen molar-refractivity contribution in [3.63, 3.8) is 0 Å². The highest BCUT2D eigenvalue weighted by atomic mass is 35.5. The fourth-order valence-corrected chi connectivity index (χ4v) is 3.79. The van der Waals surface area contributed by atoms with Crippen LogP contribution >= 0.6 is 24.0 Å². The molecule has 0 fully saturated rings. The average molecular weight is 485 g/mol. The number of benzene rings is 3. The number of H-pyrrole nitrogens is 1. The van der Waals surface area contributed by atoms with E-state index in [0.29, 0.717) is 30.2 Å². The summed E-state index contributed by atoms with van der Waals surface area (Å²) in [6.45, 7) is 0.502. The van der Waals surface area contributed by atoms with Crippen LogP contribution in [0.5, 0.6) is 5.75 Å². The Morgan fingerprint density at radius 2 is 1.85 bits per heavy atom. The summed E-state index contributed by atoms with van der Waals surface area (Å²) in [4.78, 5) is 20.7. The number of ether oxygens (including phenoxy) is 1. The minimum atomic E-state index is -0.318. The van der Waals surface area contributed by atoms with E-state index in [4.69, 9.17) is 21.3 Å². The van der Waals surface area contributed by atoms with Gasteiger partial charge in [0.05, 0.1) is 24.2 Å². The first-order valence-electron chi connectivity index (χ1n) is 10.5. The molecule has 0 aliphatic carbocycles. The molecule has 0 aliphatic rings. The molecule has 0 aliphatic heterocycles. The first-order valence-corrected chi connectivity index (χ1v) is 10.8. The van der Waals surface area contributed by atoms with Crippen LogP contribution in [-0.4, -0.2) is 29.7 Å². The number of amides is 2. The summed E-state index contributed by atoms with van der Waals surface area (Å²) in [6.07, 6.45) is 1.29. The van der Waals surface area contributed by atoms with Crippen molar-refractivity contribution in [2.45, 2.75) is 18.9 Å². The lowest BCUT2D eigenvalue weighted by Crippen LogP contribution is -2.40. The van der Waals surface area contributed by atoms with Crippen LogP contribution in [0.25, 0.3) is 11.0 Å². The van der Waals surface area contributed by atoms with Gasteiger partial charge in [-0.05, 0) is 60.4 Å². The Balaban J connectivity index is 0.00000306. The first kappa shape index (κ1) is 24.4. The number of urea groups is 1. The van der Waals surface area contributed by atoms with Crippen LogP contribution < -0.4 is 15.4 Å². The van der Waals surface area contributed by atoms with Gasteiger partial charge in [0.15, 0.2) is 0 Å². The number of para-hydroxylation sites is 2. The molecule has 0 saturated heterocycles. The number of aromatic amines is 1. The maximum Gasteiger partial charge on any atom is 0.315 e. The molecule has 33 heavy (non-hydrogen) atoms. The molecule has 0 bridgehead atoms. The Morgan fingerprint density at radius 1 is 1.06 bits per heavy atom. The number of fused-ring (bicyclic) bond motifs is 1. The third-order valence-corrected chi connectivity index (χ3v) is 5.47. The Kier molecular flexibility index (Phi) is 8.58. The number of halogens is 2. The molecule has 0 saturated carbocycles. The van der Waals surface area contributed by atoms with E-state index in [9.17, 15) is 4.79 Å². The van der Waals surface area contributed by atoms with Crippen molar-refractivity contribution >= 4 is 41.1 Å². The lowest BCUT2D eigenvalue weighted by molar-refractivity contribution is 0.236. The number of carbonyl (C=O) groups excluding carboxylic acids is 1. The number of hydrogen-bond donors (Lipinski definition) is 3. The zero-order valence-electron chi connectivity index (χ0n) is 18.2. The summed E-state index contributed by atoms with van der Waals surface area (Å²) in [5.41, 5.74) is 3.94. The van der Waals surface area contributed by atoms with Gasteiger partial charge in [0.25, 0.3) is 0 Å². The van der Waals surface area contributed by atoms with Crippen molar-refractivity contribution in [2.75, 3.05) is 13.7 Å². The van der Waals surface area contributed by atoms with Crippen LogP contribution in [0.1, 0.15) is 23.0 Å². The highest BCUT2D eigenvalue weighted by molar-refractivity contribution is 6.30. The number of imidazole rings is 1. The highest BCUT2D eigenvalue weighted by Gasteiger charge is 2.19. The second-order valence-electron chi connectivity index (χ2n) is 7.52. The fourth-order valence-electron chi connectivity index (χ4n) is 3.57. The van der Waals surface area contributed by atoms with Crippen LogP contribution in [-0.2, 0) is 12.8 Å². The molecule has 4 rings (SSSR count). The van der Waals surface area contributed by atoms with E-state index in [1.807, 2.05) is 72.8 Å². The van der Waals surface area contributed by atoms with Gasteiger partial charge >= 0.3 is 6.03 Å². The molecular weight excluding hydrogens is 459 g/mol. The molecule has 3 aromatic carbocycles.